The van der Waals surface area contributed by atoms with Gasteiger partial charge >= 0.3 is 0 Å². The molecule has 1 aliphatic carbocycles. The van der Waals surface area contributed by atoms with Crippen LogP contribution in [0.5, 0.6) is 0 Å². The molecule has 5 nitrogen and oxygen atoms in total. The molecule has 1 amide bonds. The van der Waals surface area contributed by atoms with Gasteiger partial charge in [0.15, 0.2) is 0 Å². The van der Waals surface area contributed by atoms with E-state index in [2.05, 4.69) is 10.6 Å². The molecule has 0 spiro atoms. The normalized spacial score (nSPS) is 35.7. The fourth-order valence-electron chi connectivity index (χ4n) is 2.29. The molecule has 0 radical (unpaired) electrons. The van der Waals surface area contributed by atoms with Gasteiger partial charge in [-0.05, 0) is 12.8 Å². The minimum absolute atomic E-state index is 0.0909. The fourth-order valence-corrected chi connectivity index (χ4v) is 2.29. The summed E-state index contributed by atoms with van der Waals surface area (Å²) in [6.45, 7) is 1.94. The van der Waals surface area contributed by atoms with E-state index >= 15 is 0 Å². The van der Waals surface area contributed by atoms with E-state index in [1.54, 1.807) is 0 Å². The van der Waals surface area contributed by atoms with Crippen molar-refractivity contribution < 1.29 is 14.6 Å². The zero-order valence-electron chi connectivity index (χ0n) is 9.45. The number of morpholine rings is 1. The molecule has 0 aromatic heterocycles. The number of carbonyl (C=O) groups excluding carboxylic acids is 1. The summed E-state index contributed by atoms with van der Waals surface area (Å²) in [5.74, 6) is -0.0989. The van der Waals surface area contributed by atoms with Gasteiger partial charge in [-0.15, -0.1) is 0 Å². The predicted molar refractivity (Wildman–Crippen MR) is 59.0 cm³/mol. The quantitative estimate of drug-likeness (QED) is 0.590. The third-order valence-corrected chi connectivity index (χ3v) is 3.28. The van der Waals surface area contributed by atoms with Crippen molar-refractivity contribution in [2.24, 2.45) is 0 Å². The van der Waals surface area contributed by atoms with Gasteiger partial charge in [-0.25, -0.2) is 0 Å². The standard InChI is InChI=1S/C11H20N2O3/c14-9-4-2-1-3-8(9)13-11(15)10-7-12-5-6-16-10/h8-10,12,14H,1-7H2,(H,13,15)/t8-,9-,10?/m0/s1. The summed E-state index contributed by atoms with van der Waals surface area (Å²) in [5, 5.41) is 15.7. The van der Waals surface area contributed by atoms with Crippen LogP contribution in [0.3, 0.4) is 0 Å². The second-order valence-corrected chi connectivity index (χ2v) is 4.53. The average Bonchev–Trinajstić information content (AvgIpc) is 2.33. The van der Waals surface area contributed by atoms with E-state index in [1.807, 2.05) is 0 Å². The molecule has 1 saturated heterocycles. The highest BCUT2D eigenvalue weighted by molar-refractivity contribution is 5.81. The summed E-state index contributed by atoms with van der Waals surface area (Å²) >= 11 is 0. The van der Waals surface area contributed by atoms with Crippen LogP contribution < -0.4 is 10.6 Å². The molecule has 1 heterocycles. The molecular formula is C11H20N2O3. The third-order valence-electron chi connectivity index (χ3n) is 3.28. The maximum Gasteiger partial charge on any atom is 0.250 e. The van der Waals surface area contributed by atoms with E-state index < -0.39 is 12.2 Å². The lowest BCUT2D eigenvalue weighted by Gasteiger charge is -2.30. The topological polar surface area (TPSA) is 70.6 Å². The van der Waals surface area contributed by atoms with Crippen LogP contribution in [0.1, 0.15) is 25.7 Å². The van der Waals surface area contributed by atoms with Crippen LogP contribution in [-0.2, 0) is 9.53 Å². The first kappa shape index (κ1) is 11.8. The van der Waals surface area contributed by atoms with E-state index in [9.17, 15) is 9.90 Å². The molecule has 2 rings (SSSR count). The maximum absolute atomic E-state index is 11.8. The zero-order valence-corrected chi connectivity index (χ0v) is 9.45. The van der Waals surface area contributed by atoms with E-state index in [0.29, 0.717) is 13.2 Å². The first-order valence-electron chi connectivity index (χ1n) is 6.08. The predicted octanol–water partition coefficient (Wildman–Crippen LogP) is -0.605. The Kier molecular flexibility index (Phi) is 4.15. The fraction of sp³-hybridized carbons (Fsp3) is 0.909. The molecule has 1 aliphatic heterocycles. The molecule has 92 valence electrons. The molecule has 0 aromatic carbocycles. The van der Waals surface area contributed by atoms with Gasteiger partial charge < -0.3 is 20.5 Å². The van der Waals surface area contributed by atoms with Gasteiger partial charge in [0.25, 0.3) is 5.91 Å². The lowest BCUT2D eigenvalue weighted by molar-refractivity contribution is -0.136. The van der Waals surface area contributed by atoms with Crippen LogP contribution in [0.15, 0.2) is 0 Å². The highest BCUT2D eigenvalue weighted by Gasteiger charge is 2.28. The summed E-state index contributed by atoms with van der Waals surface area (Å²) in [6, 6.07) is -0.0909. The van der Waals surface area contributed by atoms with E-state index in [-0.39, 0.29) is 11.9 Å². The van der Waals surface area contributed by atoms with Crippen LogP contribution in [-0.4, -0.2) is 49.0 Å². The van der Waals surface area contributed by atoms with Crippen molar-refractivity contribution >= 4 is 5.91 Å². The number of hydrogen-bond acceptors (Lipinski definition) is 4. The molecule has 2 fully saturated rings. The number of ether oxygens (including phenoxy) is 1. The smallest absolute Gasteiger partial charge is 0.250 e. The third kappa shape index (κ3) is 2.93. The average molecular weight is 228 g/mol. The molecule has 0 bridgehead atoms. The Balaban J connectivity index is 1.80. The van der Waals surface area contributed by atoms with Gasteiger partial charge in [0, 0.05) is 13.1 Å². The number of nitrogens with one attached hydrogen (secondary N) is 2. The first-order chi connectivity index (χ1) is 7.77. The first-order valence-corrected chi connectivity index (χ1v) is 6.08. The second-order valence-electron chi connectivity index (χ2n) is 4.53. The highest BCUT2D eigenvalue weighted by Crippen LogP contribution is 2.18. The van der Waals surface area contributed by atoms with Gasteiger partial charge in [-0.2, -0.15) is 0 Å². The van der Waals surface area contributed by atoms with Crippen molar-refractivity contribution in [1.82, 2.24) is 10.6 Å². The van der Waals surface area contributed by atoms with Crippen LogP contribution in [0, 0.1) is 0 Å². The van der Waals surface area contributed by atoms with Crippen LogP contribution in [0.2, 0.25) is 0 Å². The molecule has 3 atom stereocenters. The van der Waals surface area contributed by atoms with Crippen molar-refractivity contribution in [2.45, 2.75) is 43.9 Å². The lowest BCUT2D eigenvalue weighted by atomic mass is 9.92. The van der Waals surface area contributed by atoms with E-state index in [1.165, 1.54) is 0 Å². The molecule has 0 aromatic rings. The summed E-state index contributed by atoms with van der Waals surface area (Å²) in [6.07, 6.45) is 2.99. The van der Waals surface area contributed by atoms with E-state index in [4.69, 9.17) is 4.74 Å². The SMILES string of the molecule is O=C(N[C@H]1CCCC[C@@H]1O)C1CNCCO1. The van der Waals surface area contributed by atoms with Crippen molar-refractivity contribution in [3.8, 4) is 0 Å². The van der Waals surface area contributed by atoms with Gasteiger partial charge in [-0.3, -0.25) is 4.79 Å². The number of rotatable bonds is 2. The molecular weight excluding hydrogens is 208 g/mol. The molecule has 3 N–H and O–H groups in total. The number of amides is 1. The summed E-state index contributed by atoms with van der Waals surface area (Å²) < 4.78 is 5.36. The molecule has 16 heavy (non-hydrogen) atoms. The van der Waals surface area contributed by atoms with Gasteiger partial charge in [0.1, 0.15) is 6.10 Å². The van der Waals surface area contributed by atoms with Crippen molar-refractivity contribution in [1.29, 1.82) is 0 Å². The Hall–Kier alpha value is -0.650. The minimum atomic E-state index is -0.400. The van der Waals surface area contributed by atoms with Gasteiger partial charge in [0.2, 0.25) is 0 Å². The van der Waals surface area contributed by atoms with E-state index in [0.717, 1.165) is 32.2 Å². The van der Waals surface area contributed by atoms with Crippen molar-refractivity contribution in [3.05, 3.63) is 0 Å². The summed E-state index contributed by atoms with van der Waals surface area (Å²) in [7, 11) is 0. The molecule has 2 aliphatic rings. The van der Waals surface area contributed by atoms with Gasteiger partial charge in [-0.1, -0.05) is 12.8 Å². The summed E-state index contributed by atoms with van der Waals surface area (Å²) in [4.78, 5) is 11.8. The number of aliphatic hydroxyl groups excluding tert-OH is 1. The Morgan fingerprint density at radius 1 is 1.38 bits per heavy atom. The minimum Gasteiger partial charge on any atom is -0.391 e. The van der Waals surface area contributed by atoms with Crippen molar-refractivity contribution in [3.63, 3.8) is 0 Å². The Morgan fingerprint density at radius 3 is 2.88 bits per heavy atom. The number of aliphatic hydroxyl groups is 1. The van der Waals surface area contributed by atoms with Crippen LogP contribution in [0.4, 0.5) is 0 Å². The van der Waals surface area contributed by atoms with Crippen molar-refractivity contribution in [2.75, 3.05) is 19.7 Å². The lowest BCUT2D eigenvalue weighted by Crippen LogP contribution is -2.53. The monoisotopic (exact) mass is 228 g/mol. The van der Waals surface area contributed by atoms with Crippen LogP contribution in [0.25, 0.3) is 0 Å². The molecule has 1 saturated carbocycles. The number of hydrogen-bond donors (Lipinski definition) is 3. The van der Waals surface area contributed by atoms with Gasteiger partial charge in [0.05, 0.1) is 18.8 Å². The zero-order chi connectivity index (χ0) is 11.4. The Labute approximate surface area is 95.5 Å². The maximum atomic E-state index is 11.8. The Bertz CT molecular complexity index is 241. The number of carbonyl (C=O) groups is 1. The van der Waals surface area contributed by atoms with Crippen LogP contribution >= 0.6 is 0 Å². The largest absolute Gasteiger partial charge is 0.391 e. The highest BCUT2D eigenvalue weighted by atomic mass is 16.5. The second kappa shape index (κ2) is 5.61. The summed E-state index contributed by atoms with van der Waals surface area (Å²) in [5.41, 5.74) is 0. The molecule has 5 heteroatoms. The Morgan fingerprint density at radius 2 is 2.19 bits per heavy atom. The molecule has 1 unspecified atom stereocenters.